The smallest absolute Gasteiger partial charge is 0.254 e. The Labute approximate surface area is 233 Å². The normalized spacial score (nSPS) is 14.4. The van der Waals surface area contributed by atoms with Crippen LogP contribution in [0.25, 0.3) is 0 Å². The van der Waals surface area contributed by atoms with Gasteiger partial charge in [0.1, 0.15) is 5.54 Å². The zero-order valence-electron chi connectivity index (χ0n) is 22.3. The molecule has 204 valence electrons. The minimum Gasteiger partial charge on any atom is -0.350 e. The van der Waals surface area contributed by atoms with Crippen LogP contribution in [0.15, 0.2) is 72.1 Å². The van der Waals surface area contributed by atoms with Gasteiger partial charge in [0.2, 0.25) is 17.7 Å². The molecule has 0 aliphatic carbocycles. The molecule has 0 saturated carbocycles. The molecule has 0 atom stereocenters. The van der Waals surface area contributed by atoms with Crippen LogP contribution in [0.3, 0.4) is 0 Å². The molecule has 2 heterocycles. The maximum atomic E-state index is 14.1. The van der Waals surface area contributed by atoms with Crippen molar-refractivity contribution < 1.29 is 19.2 Å². The highest BCUT2D eigenvalue weighted by Gasteiger charge is 2.48. The van der Waals surface area contributed by atoms with Gasteiger partial charge in [0.05, 0.1) is 0 Å². The first-order valence-electron chi connectivity index (χ1n) is 13.1. The van der Waals surface area contributed by atoms with E-state index in [-0.39, 0.29) is 23.6 Å². The molecule has 0 bridgehead atoms. The molecule has 4 amide bonds. The first kappa shape index (κ1) is 28.0. The van der Waals surface area contributed by atoms with Crippen molar-refractivity contribution in [1.82, 2.24) is 15.1 Å². The highest BCUT2D eigenvalue weighted by molar-refractivity contribution is 7.09. The zero-order valence-corrected chi connectivity index (χ0v) is 23.1. The van der Waals surface area contributed by atoms with Crippen LogP contribution in [0, 0.1) is 0 Å². The summed E-state index contributed by atoms with van der Waals surface area (Å²) in [6.07, 6.45) is 1.29. The summed E-state index contributed by atoms with van der Waals surface area (Å²) < 4.78 is 0. The highest BCUT2D eigenvalue weighted by Crippen LogP contribution is 2.32. The van der Waals surface area contributed by atoms with Crippen molar-refractivity contribution in [2.75, 3.05) is 25.0 Å². The third-order valence-electron chi connectivity index (χ3n) is 7.13. The van der Waals surface area contributed by atoms with Crippen molar-refractivity contribution in [3.63, 3.8) is 0 Å². The van der Waals surface area contributed by atoms with E-state index in [9.17, 15) is 19.2 Å². The number of carbonyl (C=O) groups is 4. The molecule has 4 rings (SSSR count). The van der Waals surface area contributed by atoms with Gasteiger partial charge < -0.3 is 20.4 Å². The first-order chi connectivity index (χ1) is 18.8. The van der Waals surface area contributed by atoms with Crippen LogP contribution in [0.2, 0.25) is 0 Å². The van der Waals surface area contributed by atoms with Gasteiger partial charge in [-0.05, 0) is 60.5 Å². The number of benzene rings is 2. The lowest BCUT2D eigenvalue weighted by Gasteiger charge is -2.47. The SMILES string of the molecule is CC(=O)Nc1ccc(C(=O)N(CCc2cccs2)C2(C(=O)NCc3ccccc3)CCN(C(C)=O)CC2)cc1. The molecule has 9 heteroatoms. The Morgan fingerprint density at radius 1 is 0.923 bits per heavy atom. The second-order valence-corrected chi connectivity index (χ2v) is 10.8. The van der Waals surface area contributed by atoms with Gasteiger partial charge in [-0.15, -0.1) is 11.3 Å². The topological polar surface area (TPSA) is 98.8 Å². The highest BCUT2D eigenvalue weighted by atomic mass is 32.1. The monoisotopic (exact) mass is 546 g/mol. The zero-order chi connectivity index (χ0) is 27.8. The molecule has 0 unspecified atom stereocenters. The summed E-state index contributed by atoms with van der Waals surface area (Å²) in [4.78, 5) is 56.3. The van der Waals surface area contributed by atoms with E-state index >= 15 is 0 Å². The fourth-order valence-electron chi connectivity index (χ4n) is 5.00. The summed E-state index contributed by atoms with van der Waals surface area (Å²) in [5, 5.41) is 7.80. The van der Waals surface area contributed by atoms with Crippen LogP contribution in [-0.4, -0.2) is 58.6 Å². The maximum absolute atomic E-state index is 14.1. The number of anilines is 1. The lowest BCUT2D eigenvalue weighted by atomic mass is 9.83. The molecule has 0 spiro atoms. The quantitative estimate of drug-likeness (QED) is 0.422. The van der Waals surface area contributed by atoms with Crippen molar-refractivity contribution in [2.24, 2.45) is 0 Å². The van der Waals surface area contributed by atoms with E-state index in [0.717, 1.165) is 10.4 Å². The second kappa shape index (κ2) is 12.7. The van der Waals surface area contributed by atoms with Gasteiger partial charge in [0.25, 0.3) is 5.91 Å². The van der Waals surface area contributed by atoms with Crippen molar-refractivity contribution in [3.05, 3.63) is 88.1 Å². The number of likely N-dealkylation sites (tertiary alicyclic amines) is 1. The number of hydrogen-bond donors (Lipinski definition) is 2. The molecule has 39 heavy (non-hydrogen) atoms. The Morgan fingerprint density at radius 2 is 1.62 bits per heavy atom. The number of nitrogens with one attached hydrogen (secondary N) is 2. The molecule has 1 saturated heterocycles. The largest absolute Gasteiger partial charge is 0.350 e. The molecule has 2 aromatic carbocycles. The number of rotatable bonds is 9. The number of carbonyl (C=O) groups excluding carboxylic acids is 4. The van der Waals surface area contributed by atoms with E-state index in [2.05, 4.69) is 10.6 Å². The molecule has 1 fully saturated rings. The summed E-state index contributed by atoms with van der Waals surface area (Å²) in [6, 6.07) is 20.4. The van der Waals surface area contributed by atoms with Crippen LogP contribution >= 0.6 is 11.3 Å². The van der Waals surface area contributed by atoms with Gasteiger partial charge in [-0.1, -0.05) is 36.4 Å². The van der Waals surface area contributed by atoms with Gasteiger partial charge in [0.15, 0.2) is 0 Å². The Kier molecular flexibility index (Phi) is 9.14. The molecule has 2 N–H and O–H groups in total. The summed E-state index contributed by atoms with van der Waals surface area (Å²) in [5.41, 5.74) is 0.867. The standard InChI is InChI=1S/C30H34N4O4S/c1-22(35)32-26-12-10-25(11-13-26)28(37)34(17-14-27-9-6-20-39-27)30(15-18-33(19-16-30)23(2)36)29(38)31-21-24-7-4-3-5-8-24/h3-13,20H,14-19,21H2,1-2H3,(H,31,38)(H,32,35). The van der Waals surface area contributed by atoms with Gasteiger partial charge in [0, 0.05) is 56.2 Å². The summed E-state index contributed by atoms with van der Waals surface area (Å²) in [7, 11) is 0. The second-order valence-electron chi connectivity index (χ2n) is 9.75. The Balaban J connectivity index is 1.66. The third kappa shape index (κ3) is 6.92. The molecule has 3 aromatic rings. The molecule has 1 aromatic heterocycles. The molecular weight excluding hydrogens is 512 g/mol. The Bertz CT molecular complexity index is 1280. The van der Waals surface area contributed by atoms with Crippen molar-refractivity contribution in [1.29, 1.82) is 0 Å². The van der Waals surface area contributed by atoms with E-state index in [1.807, 2.05) is 47.8 Å². The van der Waals surface area contributed by atoms with E-state index in [4.69, 9.17) is 0 Å². The summed E-state index contributed by atoms with van der Waals surface area (Å²) in [5.74, 6) is -0.716. The fourth-order valence-corrected chi connectivity index (χ4v) is 5.69. The van der Waals surface area contributed by atoms with Crippen LogP contribution in [0.4, 0.5) is 5.69 Å². The van der Waals surface area contributed by atoms with Gasteiger partial charge in [-0.25, -0.2) is 0 Å². The van der Waals surface area contributed by atoms with Gasteiger partial charge >= 0.3 is 0 Å². The predicted octanol–water partition coefficient (Wildman–Crippen LogP) is 4.09. The number of hydrogen-bond acceptors (Lipinski definition) is 5. The van der Waals surface area contributed by atoms with Gasteiger partial charge in [-0.2, -0.15) is 0 Å². The Hall–Kier alpha value is -3.98. The predicted molar refractivity (Wildman–Crippen MR) is 152 cm³/mol. The number of piperidine rings is 1. The number of thiophene rings is 1. The Morgan fingerprint density at radius 3 is 2.21 bits per heavy atom. The molecule has 1 aliphatic heterocycles. The lowest BCUT2D eigenvalue weighted by Crippen LogP contribution is -2.65. The maximum Gasteiger partial charge on any atom is 0.254 e. The minimum atomic E-state index is -1.12. The van der Waals surface area contributed by atoms with Crippen molar-refractivity contribution in [3.8, 4) is 0 Å². The van der Waals surface area contributed by atoms with E-state index in [1.54, 1.807) is 45.4 Å². The summed E-state index contributed by atoms with van der Waals surface area (Å²) in [6.45, 7) is 4.42. The number of amides is 4. The van der Waals surface area contributed by atoms with Crippen LogP contribution in [0.5, 0.6) is 0 Å². The van der Waals surface area contributed by atoms with Crippen molar-refractivity contribution in [2.45, 2.75) is 45.2 Å². The minimum absolute atomic E-state index is 0.0432. The molecular formula is C30H34N4O4S. The average Bonchev–Trinajstić information content (AvgIpc) is 3.46. The number of nitrogens with zero attached hydrogens (tertiary/aromatic N) is 2. The lowest BCUT2D eigenvalue weighted by molar-refractivity contribution is -0.140. The van der Waals surface area contributed by atoms with E-state index in [0.29, 0.717) is 56.7 Å². The third-order valence-corrected chi connectivity index (χ3v) is 8.07. The van der Waals surface area contributed by atoms with Crippen LogP contribution < -0.4 is 10.6 Å². The van der Waals surface area contributed by atoms with E-state index in [1.165, 1.54) is 13.8 Å². The van der Waals surface area contributed by atoms with Crippen LogP contribution in [0.1, 0.15) is 47.5 Å². The first-order valence-corrected chi connectivity index (χ1v) is 14.0. The summed E-state index contributed by atoms with van der Waals surface area (Å²) >= 11 is 1.61. The fraction of sp³-hybridized carbons (Fsp3) is 0.333. The van der Waals surface area contributed by atoms with Crippen molar-refractivity contribution >= 4 is 40.7 Å². The molecule has 1 aliphatic rings. The van der Waals surface area contributed by atoms with Gasteiger partial charge in [-0.3, -0.25) is 19.2 Å². The average molecular weight is 547 g/mol. The van der Waals surface area contributed by atoms with Crippen LogP contribution in [-0.2, 0) is 27.3 Å². The van der Waals surface area contributed by atoms with E-state index < -0.39 is 5.54 Å². The molecule has 8 nitrogen and oxygen atoms in total. The molecule has 0 radical (unpaired) electrons.